The van der Waals surface area contributed by atoms with E-state index in [-0.39, 0.29) is 23.7 Å². The van der Waals surface area contributed by atoms with Crippen molar-refractivity contribution < 1.29 is 14.0 Å². The normalized spacial score (nSPS) is 16.1. The Morgan fingerprint density at radius 1 is 1.19 bits per heavy atom. The van der Waals surface area contributed by atoms with Crippen LogP contribution in [0.5, 0.6) is 0 Å². The van der Waals surface area contributed by atoms with Gasteiger partial charge < -0.3 is 10.2 Å². The van der Waals surface area contributed by atoms with E-state index in [1.807, 2.05) is 6.92 Å². The minimum Gasteiger partial charge on any atom is -0.327 e. The second-order valence-electron chi connectivity index (χ2n) is 7.76. The standard InChI is InChI=1S/C23H25FN6O2/c1-3-29-13-11-19(28-29)23(32)30-12-5-4-6-20(30)21-25-14-18(15(2)26-21)22(31)27-17-9-7-16(24)8-10-17/h7-11,13-14,20H,3-6,12H2,1-2H3,(H,27,31). The molecule has 4 rings (SSSR count). The van der Waals surface area contributed by atoms with E-state index in [0.717, 1.165) is 19.3 Å². The van der Waals surface area contributed by atoms with Crippen molar-refractivity contribution in [2.24, 2.45) is 0 Å². The number of nitrogens with one attached hydrogen (secondary N) is 1. The van der Waals surface area contributed by atoms with Crippen LogP contribution in [0.1, 0.15) is 64.6 Å². The van der Waals surface area contributed by atoms with E-state index in [1.165, 1.54) is 30.5 Å². The van der Waals surface area contributed by atoms with Crippen LogP contribution in [0.4, 0.5) is 10.1 Å². The zero-order valence-corrected chi connectivity index (χ0v) is 18.1. The minimum absolute atomic E-state index is 0.138. The zero-order chi connectivity index (χ0) is 22.7. The Labute approximate surface area is 185 Å². The molecule has 0 bridgehead atoms. The highest BCUT2D eigenvalue weighted by Crippen LogP contribution is 2.30. The molecule has 0 radical (unpaired) electrons. The number of nitrogens with zero attached hydrogens (tertiary/aromatic N) is 5. The second-order valence-corrected chi connectivity index (χ2v) is 7.76. The van der Waals surface area contributed by atoms with Gasteiger partial charge in [-0.15, -0.1) is 0 Å². The number of carbonyl (C=O) groups excluding carboxylic acids is 2. The van der Waals surface area contributed by atoms with Crippen LogP contribution in [0, 0.1) is 12.7 Å². The van der Waals surface area contributed by atoms with Gasteiger partial charge in [0, 0.05) is 31.2 Å². The van der Waals surface area contributed by atoms with Gasteiger partial charge in [0.15, 0.2) is 5.82 Å². The van der Waals surface area contributed by atoms with E-state index >= 15 is 0 Å². The van der Waals surface area contributed by atoms with Crippen LogP contribution < -0.4 is 5.32 Å². The third kappa shape index (κ3) is 4.51. The largest absolute Gasteiger partial charge is 0.327 e. The summed E-state index contributed by atoms with van der Waals surface area (Å²) in [5, 5.41) is 7.06. The molecule has 1 fully saturated rings. The van der Waals surface area contributed by atoms with Crippen molar-refractivity contribution in [2.75, 3.05) is 11.9 Å². The molecule has 166 valence electrons. The molecule has 8 nitrogen and oxygen atoms in total. The molecule has 1 atom stereocenters. The number of hydrogen-bond donors (Lipinski definition) is 1. The van der Waals surface area contributed by atoms with Crippen molar-refractivity contribution >= 4 is 17.5 Å². The number of piperidine rings is 1. The summed E-state index contributed by atoms with van der Waals surface area (Å²) in [6.45, 7) is 5.01. The quantitative estimate of drug-likeness (QED) is 0.657. The van der Waals surface area contributed by atoms with Crippen molar-refractivity contribution in [3.8, 4) is 0 Å². The number of rotatable bonds is 5. The van der Waals surface area contributed by atoms with Gasteiger partial charge >= 0.3 is 0 Å². The summed E-state index contributed by atoms with van der Waals surface area (Å²) in [7, 11) is 0. The Bertz CT molecular complexity index is 1130. The summed E-state index contributed by atoms with van der Waals surface area (Å²) in [4.78, 5) is 36.5. The maximum absolute atomic E-state index is 13.1. The maximum atomic E-state index is 13.1. The first-order chi connectivity index (χ1) is 15.5. The molecule has 1 aliphatic rings. The summed E-state index contributed by atoms with van der Waals surface area (Å²) >= 11 is 0. The summed E-state index contributed by atoms with van der Waals surface area (Å²) in [5.74, 6) is -0.368. The predicted octanol–water partition coefficient (Wildman–Crippen LogP) is 3.76. The minimum atomic E-state index is -0.375. The van der Waals surface area contributed by atoms with Crippen molar-refractivity contribution in [3.05, 3.63) is 71.3 Å². The van der Waals surface area contributed by atoms with Gasteiger partial charge in [0.05, 0.1) is 17.3 Å². The summed E-state index contributed by atoms with van der Waals surface area (Å²) in [6.07, 6.45) is 5.91. The van der Waals surface area contributed by atoms with Gasteiger partial charge in [-0.3, -0.25) is 14.3 Å². The van der Waals surface area contributed by atoms with Crippen molar-refractivity contribution in [3.63, 3.8) is 0 Å². The van der Waals surface area contributed by atoms with Crippen LogP contribution in [0.25, 0.3) is 0 Å². The number of benzene rings is 1. The smallest absolute Gasteiger partial charge is 0.274 e. The van der Waals surface area contributed by atoms with E-state index in [1.54, 1.807) is 28.8 Å². The highest BCUT2D eigenvalue weighted by molar-refractivity contribution is 6.04. The van der Waals surface area contributed by atoms with Crippen molar-refractivity contribution in [1.29, 1.82) is 0 Å². The van der Waals surface area contributed by atoms with Crippen LogP contribution in [-0.2, 0) is 6.54 Å². The van der Waals surface area contributed by atoms with Crippen molar-refractivity contribution in [2.45, 2.75) is 45.7 Å². The Balaban J connectivity index is 1.54. The lowest BCUT2D eigenvalue weighted by Crippen LogP contribution is -2.39. The third-order valence-electron chi connectivity index (χ3n) is 5.59. The lowest BCUT2D eigenvalue weighted by molar-refractivity contribution is 0.0592. The number of anilines is 1. The van der Waals surface area contributed by atoms with Crippen molar-refractivity contribution in [1.82, 2.24) is 24.6 Å². The Morgan fingerprint density at radius 3 is 2.66 bits per heavy atom. The van der Waals surface area contributed by atoms with Gasteiger partial charge in [-0.25, -0.2) is 14.4 Å². The predicted molar refractivity (Wildman–Crippen MR) is 117 cm³/mol. The average Bonchev–Trinajstić information content (AvgIpc) is 3.29. The van der Waals surface area contributed by atoms with Gasteiger partial charge in [-0.1, -0.05) is 0 Å². The number of aromatic nitrogens is 4. The van der Waals surface area contributed by atoms with Crippen LogP contribution in [0.2, 0.25) is 0 Å². The van der Waals surface area contributed by atoms with Crippen LogP contribution >= 0.6 is 0 Å². The molecule has 0 saturated carbocycles. The molecular weight excluding hydrogens is 411 g/mol. The number of likely N-dealkylation sites (tertiary alicyclic amines) is 1. The maximum Gasteiger partial charge on any atom is 0.274 e. The monoisotopic (exact) mass is 436 g/mol. The molecule has 9 heteroatoms. The highest BCUT2D eigenvalue weighted by Gasteiger charge is 2.32. The first-order valence-electron chi connectivity index (χ1n) is 10.7. The third-order valence-corrected chi connectivity index (χ3v) is 5.59. The van der Waals surface area contributed by atoms with Gasteiger partial charge in [-0.05, 0) is 63.4 Å². The average molecular weight is 436 g/mol. The summed E-state index contributed by atoms with van der Waals surface area (Å²) in [6, 6.07) is 7.00. The van der Waals surface area contributed by atoms with E-state index in [4.69, 9.17) is 0 Å². The molecule has 32 heavy (non-hydrogen) atoms. The molecule has 1 N–H and O–H groups in total. The van der Waals surface area contributed by atoms with Gasteiger partial charge in [0.2, 0.25) is 0 Å². The fraction of sp³-hybridized carbons (Fsp3) is 0.348. The van der Waals surface area contributed by atoms with E-state index < -0.39 is 0 Å². The van der Waals surface area contributed by atoms with Crippen LogP contribution in [0.3, 0.4) is 0 Å². The molecule has 1 aromatic carbocycles. The molecule has 0 aliphatic carbocycles. The van der Waals surface area contributed by atoms with E-state index in [9.17, 15) is 14.0 Å². The number of halogens is 1. The second kappa shape index (κ2) is 9.25. The fourth-order valence-electron chi connectivity index (χ4n) is 3.84. The number of hydrogen-bond acceptors (Lipinski definition) is 5. The van der Waals surface area contributed by atoms with E-state index in [2.05, 4.69) is 20.4 Å². The van der Waals surface area contributed by atoms with Crippen LogP contribution in [0.15, 0.2) is 42.7 Å². The molecular formula is C23H25FN6O2. The summed E-state index contributed by atoms with van der Waals surface area (Å²) < 4.78 is 14.8. The lowest BCUT2D eigenvalue weighted by atomic mass is 10.0. The molecule has 1 aliphatic heterocycles. The number of amides is 2. The first kappa shape index (κ1) is 21.6. The van der Waals surface area contributed by atoms with E-state index in [0.29, 0.717) is 41.6 Å². The van der Waals surface area contributed by atoms with Gasteiger partial charge in [-0.2, -0.15) is 5.10 Å². The van der Waals surface area contributed by atoms with Gasteiger partial charge in [0.25, 0.3) is 11.8 Å². The number of carbonyl (C=O) groups is 2. The Morgan fingerprint density at radius 2 is 1.97 bits per heavy atom. The molecule has 1 saturated heterocycles. The Kier molecular flexibility index (Phi) is 6.25. The molecule has 2 amide bonds. The molecule has 1 unspecified atom stereocenters. The molecule has 3 heterocycles. The topological polar surface area (TPSA) is 93.0 Å². The molecule has 0 spiro atoms. The highest BCUT2D eigenvalue weighted by atomic mass is 19.1. The Hall–Kier alpha value is -3.62. The fourth-order valence-corrected chi connectivity index (χ4v) is 3.84. The molecule has 2 aromatic heterocycles. The van der Waals surface area contributed by atoms with Crippen LogP contribution in [-0.4, -0.2) is 43.0 Å². The SMILES string of the molecule is CCn1ccc(C(=O)N2CCCCC2c2ncc(C(=O)Nc3ccc(F)cc3)c(C)n2)n1. The zero-order valence-electron chi connectivity index (χ0n) is 18.1. The first-order valence-corrected chi connectivity index (χ1v) is 10.7. The molecule has 3 aromatic rings. The van der Waals surface area contributed by atoms with Gasteiger partial charge in [0.1, 0.15) is 11.5 Å². The lowest BCUT2D eigenvalue weighted by Gasteiger charge is -2.34. The summed E-state index contributed by atoms with van der Waals surface area (Å²) in [5.41, 5.74) is 1.73. The number of aryl methyl sites for hydroxylation is 2.